The van der Waals surface area contributed by atoms with Gasteiger partial charge < -0.3 is 14.3 Å². The second-order valence-electron chi connectivity index (χ2n) is 13.5. The van der Waals surface area contributed by atoms with Crippen LogP contribution >= 0.6 is 0 Å². The lowest BCUT2D eigenvalue weighted by Gasteiger charge is -2.23. The van der Waals surface area contributed by atoms with Gasteiger partial charge in [-0.2, -0.15) is 0 Å². The summed E-state index contributed by atoms with van der Waals surface area (Å²) in [6.45, 7) is 12.6. The Morgan fingerprint density at radius 1 is 0.571 bits per heavy atom. The summed E-state index contributed by atoms with van der Waals surface area (Å²) >= 11 is 0. The van der Waals surface area contributed by atoms with Crippen molar-refractivity contribution in [3.05, 3.63) is 144 Å². The fourth-order valence-corrected chi connectivity index (χ4v) is 4.67. The van der Waals surface area contributed by atoms with Crippen LogP contribution in [0.2, 0.25) is 0 Å². The van der Waals surface area contributed by atoms with Crippen LogP contribution in [-0.4, -0.2) is 52.9 Å². The molecule has 49 heavy (non-hydrogen) atoms. The van der Waals surface area contributed by atoms with Gasteiger partial charge in [0.25, 0.3) is 0 Å². The number of esters is 2. The van der Waals surface area contributed by atoms with Crippen molar-refractivity contribution < 1.29 is 23.9 Å². The van der Waals surface area contributed by atoms with Crippen molar-refractivity contribution in [2.75, 3.05) is 6.54 Å². The van der Waals surface area contributed by atoms with Gasteiger partial charge in [0.1, 0.15) is 29.6 Å². The molecule has 0 aliphatic carbocycles. The fraction of sp³-hybridized carbons (Fsp3) is 0.310. The van der Waals surface area contributed by atoms with E-state index in [1.54, 1.807) is 0 Å². The first-order valence-corrected chi connectivity index (χ1v) is 16.5. The van der Waals surface area contributed by atoms with Crippen LogP contribution in [0.15, 0.2) is 131 Å². The maximum Gasteiger partial charge on any atom is 0.331 e. The SMILES string of the molecule is CC(=O)CC[C@H](N=C(c1ccccc1)c1ccccc1)C(=O)OC(C)(C)C.CC(C)(C)OC(=O)CN=C(c1ccccc1)c1ccccc1. The number of carbonyl (C=O) groups excluding carboxylic acids is 3. The molecule has 0 radical (unpaired) electrons. The van der Waals surface area contributed by atoms with Crippen molar-refractivity contribution in [2.24, 2.45) is 9.98 Å². The molecular weight excluding hydrogens is 612 g/mol. The molecule has 4 aromatic rings. The van der Waals surface area contributed by atoms with Gasteiger partial charge in [0.15, 0.2) is 0 Å². The zero-order chi connectivity index (χ0) is 35.9. The van der Waals surface area contributed by atoms with Crippen LogP contribution in [0.4, 0.5) is 0 Å². The summed E-state index contributed by atoms with van der Waals surface area (Å²) in [4.78, 5) is 45.4. The summed E-state index contributed by atoms with van der Waals surface area (Å²) in [5.74, 6) is -0.704. The van der Waals surface area contributed by atoms with E-state index in [1.807, 2.05) is 163 Å². The Labute approximate surface area is 291 Å². The summed E-state index contributed by atoms with van der Waals surface area (Å²) < 4.78 is 10.9. The van der Waals surface area contributed by atoms with Crippen LogP contribution in [0.1, 0.15) is 83.6 Å². The van der Waals surface area contributed by atoms with Crippen molar-refractivity contribution >= 4 is 29.1 Å². The average molecular weight is 661 g/mol. The number of ether oxygens (including phenoxy) is 2. The van der Waals surface area contributed by atoms with Gasteiger partial charge in [-0.3, -0.25) is 14.8 Å². The van der Waals surface area contributed by atoms with E-state index >= 15 is 0 Å². The van der Waals surface area contributed by atoms with Crippen molar-refractivity contribution in [2.45, 2.75) is 78.6 Å². The average Bonchev–Trinajstić information content (AvgIpc) is 3.05. The van der Waals surface area contributed by atoms with Gasteiger partial charge in [-0.1, -0.05) is 121 Å². The van der Waals surface area contributed by atoms with E-state index < -0.39 is 23.2 Å². The van der Waals surface area contributed by atoms with Crippen molar-refractivity contribution in [1.29, 1.82) is 0 Å². The molecule has 1 atom stereocenters. The topological polar surface area (TPSA) is 94.4 Å². The molecule has 4 aromatic carbocycles. The summed E-state index contributed by atoms with van der Waals surface area (Å²) in [5, 5.41) is 0. The Morgan fingerprint density at radius 2 is 0.939 bits per heavy atom. The molecule has 0 amide bonds. The van der Waals surface area contributed by atoms with Crippen molar-refractivity contribution in [3.63, 3.8) is 0 Å². The standard InChI is InChI=1S/C23H27NO3.C19H21NO2/c1-17(25)15-16-20(22(26)27-23(2,3)4)24-21(18-11-7-5-8-12-18)19-13-9-6-10-14-19;1-19(2,3)22-17(21)14-20-18(15-10-6-4-7-11-15)16-12-8-5-9-13-16/h5-14,20H,15-16H2,1-4H3;4-13H,14H2,1-3H3/t20-;/m0./s1. The van der Waals surface area contributed by atoms with E-state index in [9.17, 15) is 14.4 Å². The second-order valence-corrected chi connectivity index (χ2v) is 13.5. The number of ketones is 1. The van der Waals surface area contributed by atoms with Gasteiger partial charge in [0, 0.05) is 28.7 Å². The minimum absolute atomic E-state index is 0.0103. The predicted octanol–water partition coefficient (Wildman–Crippen LogP) is 8.47. The van der Waals surface area contributed by atoms with E-state index in [0.29, 0.717) is 6.42 Å². The zero-order valence-corrected chi connectivity index (χ0v) is 29.7. The highest BCUT2D eigenvalue weighted by Crippen LogP contribution is 2.18. The molecule has 0 saturated carbocycles. The summed E-state index contributed by atoms with van der Waals surface area (Å²) in [5.41, 5.74) is 4.21. The molecule has 0 spiro atoms. The van der Waals surface area contributed by atoms with Crippen LogP contribution in [0, 0.1) is 0 Å². The Balaban J connectivity index is 0.000000271. The predicted molar refractivity (Wildman–Crippen MR) is 197 cm³/mol. The highest BCUT2D eigenvalue weighted by atomic mass is 16.6. The summed E-state index contributed by atoms with van der Waals surface area (Å²) in [6.07, 6.45) is 0.609. The van der Waals surface area contributed by atoms with E-state index in [4.69, 9.17) is 14.5 Å². The van der Waals surface area contributed by atoms with Crippen LogP contribution in [0.3, 0.4) is 0 Å². The first-order chi connectivity index (χ1) is 23.2. The second kappa shape index (κ2) is 18.4. The smallest absolute Gasteiger partial charge is 0.331 e. The van der Waals surface area contributed by atoms with Gasteiger partial charge in [-0.05, 0) is 54.9 Å². The number of rotatable bonds is 11. The number of carbonyl (C=O) groups is 3. The third-order valence-corrected chi connectivity index (χ3v) is 6.71. The number of hydrogen-bond acceptors (Lipinski definition) is 7. The first-order valence-electron chi connectivity index (χ1n) is 16.5. The van der Waals surface area contributed by atoms with Gasteiger partial charge in [-0.15, -0.1) is 0 Å². The minimum atomic E-state index is -0.733. The Kier molecular flexibility index (Phi) is 14.4. The molecule has 4 rings (SSSR count). The lowest BCUT2D eigenvalue weighted by Crippen LogP contribution is -2.32. The van der Waals surface area contributed by atoms with Crippen LogP contribution in [0.25, 0.3) is 0 Å². The largest absolute Gasteiger partial charge is 0.459 e. The van der Waals surface area contributed by atoms with Crippen molar-refractivity contribution in [1.82, 2.24) is 0 Å². The third kappa shape index (κ3) is 14.2. The van der Waals surface area contributed by atoms with Crippen molar-refractivity contribution in [3.8, 4) is 0 Å². The normalized spacial score (nSPS) is 11.6. The van der Waals surface area contributed by atoms with E-state index in [0.717, 1.165) is 33.7 Å². The first kappa shape index (κ1) is 38.3. The van der Waals surface area contributed by atoms with E-state index in [2.05, 4.69) is 4.99 Å². The zero-order valence-electron chi connectivity index (χ0n) is 29.7. The number of hydrogen-bond donors (Lipinski definition) is 0. The fourth-order valence-electron chi connectivity index (χ4n) is 4.67. The molecule has 7 heteroatoms. The van der Waals surface area contributed by atoms with Crippen LogP contribution < -0.4 is 0 Å². The van der Waals surface area contributed by atoms with Crippen LogP contribution in [-0.2, 0) is 23.9 Å². The van der Waals surface area contributed by atoms with Crippen LogP contribution in [0.5, 0.6) is 0 Å². The van der Waals surface area contributed by atoms with Gasteiger partial charge >= 0.3 is 11.9 Å². The van der Waals surface area contributed by atoms with Gasteiger partial charge in [0.05, 0.1) is 11.4 Å². The minimum Gasteiger partial charge on any atom is -0.459 e. The van der Waals surface area contributed by atoms with E-state index in [1.165, 1.54) is 6.92 Å². The number of nitrogens with zero attached hydrogens (tertiary/aromatic N) is 2. The Hall–Kier alpha value is -5.17. The van der Waals surface area contributed by atoms with Gasteiger partial charge in [0.2, 0.25) is 0 Å². The molecule has 0 N–H and O–H groups in total. The molecule has 0 heterocycles. The Morgan fingerprint density at radius 3 is 1.29 bits per heavy atom. The molecule has 0 unspecified atom stereocenters. The number of benzene rings is 4. The van der Waals surface area contributed by atoms with E-state index in [-0.39, 0.29) is 24.7 Å². The molecule has 256 valence electrons. The summed E-state index contributed by atoms with van der Waals surface area (Å²) in [6, 6.07) is 38.4. The highest BCUT2D eigenvalue weighted by Gasteiger charge is 2.26. The highest BCUT2D eigenvalue weighted by molar-refractivity contribution is 6.14. The lowest BCUT2D eigenvalue weighted by atomic mass is 10.0. The number of Topliss-reactive ketones (excluding diaryl/α,β-unsaturated/α-hetero) is 1. The quantitative estimate of drug-likeness (QED) is 0.119. The molecule has 0 aromatic heterocycles. The Bertz CT molecular complexity index is 1600. The lowest BCUT2D eigenvalue weighted by molar-refractivity contribution is -0.156. The monoisotopic (exact) mass is 660 g/mol. The number of aliphatic imine (C=N–C) groups is 2. The molecule has 0 aliphatic rings. The third-order valence-electron chi connectivity index (χ3n) is 6.71. The molecule has 0 bridgehead atoms. The maximum absolute atomic E-state index is 12.7. The summed E-state index contributed by atoms with van der Waals surface area (Å²) in [7, 11) is 0. The molecule has 0 aliphatic heterocycles. The molecule has 0 fully saturated rings. The molecule has 0 saturated heterocycles. The van der Waals surface area contributed by atoms with Gasteiger partial charge in [-0.25, -0.2) is 4.79 Å². The molecular formula is C42H48N2O5. The molecule has 7 nitrogen and oxygen atoms in total. The maximum atomic E-state index is 12.7.